The number of nitrogens with zero attached hydrogens (tertiary/aromatic N) is 3. The van der Waals surface area contributed by atoms with Crippen molar-refractivity contribution in [2.75, 3.05) is 49.8 Å². The number of halogens is 1. The lowest BCUT2D eigenvalue weighted by atomic mass is 10.0. The highest BCUT2D eigenvalue weighted by molar-refractivity contribution is 5.60. The van der Waals surface area contributed by atoms with Crippen LogP contribution in [0, 0.1) is 5.82 Å². The number of methoxy groups -OCH3 is 1. The van der Waals surface area contributed by atoms with E-state index in [2.05, 4.69) is 35.2 Å². The van der Waals surface area contributed by atoms with Gasteiger partial charge in [-0.25, -0.2) is 0 Å². The van der Waals surface area contributed by atoms with Crippen LogP contribution in [0.1, 0.15) is 36.8 Å². The predicted octanol–water partition coefficient (Wildman–Crippen LogP) is 5.64. The standard InChI is InChI=1S/C30H36FN3O3/c1-35-26-13-11-24(12-14-26)22-37-30-29(31)27(33-16-18-36-19-17-33)21-28(32-30)34-15-7-3-6-10-25(34)20-23-8-4-2-5-9-23/h2,4-5,8-9,11-14,21,25H,3,6-7,10,15-20,22H2,1H3/t25-/m1/s1. The Hall–Kier alpha value is -3.32. The van der Waals surface area contributed by atoms with Gasteiger partial charge in [0, 0.05) is 31.7 Å². The van der Waals surface area contributed by atoms with Crippen LogP contribution >= 0.6 is 0 Å². The number of anilines is 2. The van der Waals surface area contributed by atoms with Crippen LogP contribution in [0.3, 0.4) is 0 Å². The van der Waals surface area contributed by atoms with Crippen LogP contribution in [0.2, 0.25) is 0 Å². The zero-order valence-corrected chi connectivity index (χ0v) is 21.6. The zero-order chi connectivity index (χ0) is 25.5. The summed E-state index contributed by atoms with van der Waals surface area (Å²) in [5, 5.41) is 0. The van der Waals surface area contributed by atoms with E-state index in [1.807, 2.05) is 35.2 Å². The normalized spacial score (nSPS) is 18.4. The molecule has 196 valence electrons. The molecule has 0 unspecified atom stereocenters. The molecule has 5 rings (SSSR count). The molecule has 6 nitrogen and oxygen atoms in total. The van der Waals surface area contributed by atoms with Gasteiger partial charge in [0.2, 0.25) is 5.82 Å². The lowest BCUT2D eigenvalue weighted by Gasteiger charge is -2.34. The molecule has 2 aliphatic heterocycles. The van der Waals surface area contributed by atoms with E-state index in [4.69, 9.17) is 19.2 Å². The molecule has 0 saturated carbocycles. The summed E-state index contributed by atoms with van der Waals surface area (Å²) in [6, 6.07) is 20.4. The lowest BCUT2D eigenvalue weighted by molar-refractivity contribution is 0.122. The number of morpholine rings is 1. The Morgan fingerprint density at radius 2 is 1.73 bits per heavy atom. The van der Waals surface area contributed by atoms with E-state index in [-0.39, 0.29) is 12.5 Å². The lowest BCUT2D eigenvalue weighted by Crippen LogP contribution is -2.39. The predicted molar refractivity (Wildman–Crippen MR) is 144 cm³/mol. The monoisotopic (exact) mass is 505 g/mol. The molecule has 2 aliphatic rings. The van der Waals surface area contributed by atoms with Crippen molar-refractivity contribution in [2.24, 2.45) is 0 Å². The van der Waals surface area contributed by atoms with Gasteiger partial charge in [0.15, 0.2) is 0 Å². The van der Waals surface area contributed by atoms with Crippen molar-refractivity contribution in [1.29, 1.82) is 0 Å². The summed E-state index contributed by atoms with van der Waals surface area (Å²) in [7, 11) is 1.64. The number of benzene rings is 2. The summed E-state index contributed by atoms with van der Waals surface area (Å²) in [6.07, 6.45) is 5.50. The number of hydrogen-bond acceptors (Lipinski definition) is 6. The third-order valence-electron chi connectivity index (χ3n) is 7.27. The smallest absolute Gasteiger partial charge is 0.254 e. The fourth-order valence-electron chi connectivity index (χ4n) is 5.21. The van der Waals surface area contributed by atoms with Crippen LogP contribution in [0.25, 0.3) is 0 Å². The molecular weight excluding hydrogens is 469 g/mol. The second-order valence-corrected chi connectivity index (χ2v) is 9.74. The van der Waals surface area contributed by atoms with Crippen molar-refractivity contribution in [3.63, 3.8) is 0 Å². The highest BCUT2D eigenvalue weighted by atomic mass is 19.1. The number of hydrogen-bond donors (Lipinski definition) is 0. The largest absolute Gasteiger partial charge is 0.497 e. The topological polar surface area (TPSA) is 47.1 Å². The zero-order valence-electron chi connectivity index (χ0n) is 21.6. The maximum Gasteiger partial charge on any atom is 0.254 e. The Morgan fingerprint density at radius 3 is 2.49 bits per heavy atom. The molecular formula is C30H36FN3O3. The Balaban J connectivity index is 1.46. The van der Waals surface area contributed by atoms with E-state index < -0.39 is 5.82 Å². The van der Waals surface area contributed by atoms with Gasteiger partial charge < -0.3 is 24.0 Å². The summed E-state index contributed by atoms with van der Waals surface area (Å²) in [4.78, 5) is 9.21. The minimum Gasteiger partial charge on any atom is -0.497 e. The van der Waals surface area contributed by atoms with Crippen molar-refractivity contribution >= 4 is 11.5 Å². The van der Waals surface area contributed by atoms with Crippen LogP contribution in [0.15, 0.2) is 60.7 Å². The molecule has 0 bridgehead atoms. The fraction of sp³-hybridized carbons (Fsp3) is 0.433. The van der Waals surface area contributed by atoms with Crippen LogP contribution in [-0.4, -0.2) is 51.0 Å². The molecule has 0 spiro atoms. The first-order valence-electron chi connectivity index (χ1n) is 13.3. The minimum absolute atomic E-state index is 0.0533. The first-order chi connectivity index (χ1) is 18.2. The van der Waals surface area contributed by atoms with Gasteiger partial charge in [0.25, 0.3) is 5.88 Å². The summed E-state index contributed by atoms with van der Waals surface area (Å²) in [5.41, 5.74) is 2.78. The molecule has 0 radical (unpaired) electrons. The van der Waals surface area contributed by atoms with Crippen LogP contribution < -0.4 is 19.3 Å². The second kappa shape index (κ2) is 12.3. The van der Waals surface area contributed by atoms with Gasteiger partial charge in [-0.3, -0.25) is 0 Å². The molecule has 0 N–H and O–H groups in total. The number of aromatic nitrogens is 1. The van der Waals surface area contributed by atoms with E-state index in [0.717, 1.165) is 42.9 Å². The Kier molecular flexibility index (Phi) is 8.41. The quantitative estimate of drug-likeness (QED) is 0.395. The number of ether oxygens (including phenoxy) is 3. The fourth-order valence-corrected chi connectivity index (χ4v) is 5.21. The van der Waals surface area contributed by atoms with Gasteiger partial charge in [-0.2, -0.15) is 9.37 Å². The maximum absolute atomic E-state index is 15.8. The highest BCUT2D eigenvalue weighted by Gasteiger charge is 2.27. The summed E-state index contributed by atoms with van der Waals surface area (Å²) < 4.78 is 32.6. The molecule has 7 heteroatoms. The van der Waals surface area contributed by atoms with Crippen LogP contribution in [0.4, 0.5) is 15.9 Å². The third kappa shape index (κ3) is 6.34. The molecule has 2 aromatic carbocycles. The third-order valence-corrected chi connectivity index (χ3v) is 7.27. The van der Waals surface area contributed by atoms with E-state index in [1.165, 1.54) is 18.4 Å². The van der Waals surface area contributed by atoms with Crippen molar-refractivity contribution in [1.82, 2.24) is 4.98 Å². The van der Waals surface area contributed by atoms with Crippen LogP contribution in [-0.2, 0) is 17.8 Å². The molecule has 3 heterocycles. The van der Waals surface area contributed by atoms with E-state index >= 15 is 4.39 Å². The first kappa shape index (κ1) is 25.3. The molecule has 1 atom stereocenters. The molecule has 1 aromatic heterocycles. The Labute approximate surface area is 219 Å². The van der Waals surface area contributed by atoms with E-state index in [0.29, 0.717) is 38.0 Å². The second-order valence-electron chi connectivity index (χ2n) is 9.74. The SMILES string of the molecule is COc1ccc(COc2nc(N3CCCCC[C@@H]3Cc3ccccc3)cc(N3CCOCC3)c2F)cc1. The van der Waals surface area contributed by atoms with Crippen LogP contribution in [0.5, 0.6) is 11.6 Å². The molecule has 2 fully saturated rings. The van der Waals surface area contributed by atoms with Crippen molar-refractivity contribution < 1.29 is 18.6 Å². The van der Waals surface area contributed by atoms with Crippen molar-refractivity contribution in [3.8, 4) is 11.6 Å². The van der Waals surface area contributed by atoms with E-state index in [9.17, 15) is 0 Å². The average Bonchev–Trinajstić information content (AvgIpc) is 3.19. The first-order valence-corrected chi connectivity index (χ1v) is 13.3. The molecule has 3 aromatic rings. The summed E-state index contributed by atoms with van der Waals surface area (Å²) >= 11 is 0. The molecule has 37 heavy (non-hydrogen) atoms. The highest BCUT2D eigenvalue weighted by Crippen LogP contribution is 2.34. The van der Waals surface area contributed by atoms with Gasteiger partial charge in [-0.05, 0) is 42.5 Å². The summed E-state index contributed by atoms with van der Waals surface area (Å²) in [6.45, 7) is 3.58. The van der Waals surface area contributed by atoms with Gasteiger partial charge in [0.05, 0.1) is 26.0 Å². The molecule has 2 saturated heterocycles. The van der Waals surface area contributed by atoms with Crippen molar-refractivity contribution in [3.05, 3.63) is 77.6 Å². The van der Waals surface area contributed by atoms with Gasteiger partial charge in [-0.15, -0.1) is 0 Å². The average molecular weight is 506 g/mol. The van der Waals surface area contributed by atoms with Gasteiger partial charge in [0.1, 0.15) is 18.2 Å². The Bertz CT molecular complexity index is 1140. The minimum atomic E-state index is -0.409. The van der Waals surface area contributed by atoms with Gasteiger partial charge >= 0.3 is 0 Å². The molecule has 0 amide bonds. The van der Waals surface area contributed by atoms with Crippen molar-refractivity contribution in [2.45, 2.75) is 44.8 Å². The Morgan fingerprint density at radius 1 is 0.946 bits per heavy atom. The van der Waals surface area contributed by atoms with E-state index in [1.54, 1.807) is 7.11 Å². The summed E-state index contributed by atoms with van der Waals surface area (Å²) in [5.74, 6) is 1.21. The maximum atomic E-state index is 15.8. The number of pyridine rings is 1. The number of rotatable bonds is 8. The molecule has 0 aliphatic carbocycles. The van der Waals surface area contributed by atoms with Gasteiger partial charge in [-0.1, -0.05) is 55.3 Å².